The van der Waals surface area contributed by atoms with E-state index in [0.717, 1.165) is 0 Å². The molecule has 0 aromatic heterocycles. The zero-order chi connectivity index (χ0) is 14.4. The van der Waals surface area contributed by atoms with Gasteiger partial charge >= 0.3 is 24.8 Å². The van der Waals surface area contributed by atoms with Crippen molar-refractivity contribution in [2.24, 2.45) is 0 Å². The van der Waals surface area contributed by atoms with Gasteiger partial charge in [0.05, 0.1) is 6.42 Å². The Morgan fingerprint density at radius 1 is 1.05 bits per heavy atom. The molecule has 3 nitrogen and oxygen atoms in total. The third-order valence-corrected chi connectivity index (χ3v) is 3.07. The van der Waals surface area contributed by atoms with E-state index >= 15 is 0 Å². The van der Waals surface area contributed by atoms with Crippen LogP contribution < -0.4 is 0 Å². The van der Waals surface area contributed by atoms with E-state index in [4.69, 9.17) is 4.84 Å². The van der Waals surface area contributed by atoms with E-state index in [9.17, 15) is 4.79 Å². The molecule has 0 radical (unpaired) electrons. The molecule has 0 saturated carbocycles. The topological polar surface area (TPSA) is 29.5 Å². The molecule has 0 saturated heterocycles. The minimum atomic E-state index is -0.168. The zero-order valence-electron chi connectivity index (χ0n) is 12.6. The molecule has 4 heteroatoms. The van der Waals surface area contributed by atoms with Gasteiger partial charge in [0.1, 0.15) is 0 Å². The summed E-state index contributed by atoms with van der Waals surface area (Å²) in [6.07, 6.45) is 0.403. The van der Waals surface area contributed by atoms with Crippen molar-refractivity contribution in [3.8, 4) is 0 Å². The molecule has 0 heterocycles. The molecule has 1 atom stereocenters. The molecule has 1 aromatic rings. The molecule has 1 unspecified atom stereocenters. The van der Waals surface area contributed by atoms with Crippen LogP contribution in [0.3, 0.4) is 0 Å². The molecule has 0 spiro atoms. The van der Waals surface area contributed by atoms with Gasteiger partial charge in [0.2, 0.25) is 0 Å². The van der Waals surface area contributed by atoms with Gasteiger partial charge in [-0.1, -0.05) is 37.3 Å². The summed E-state index contributed by atoms with van der Waals surface area (Å²) in [5.41, 5.74) is 1.17. The summed E-state index contributed by atoms with van der Waals surface area (Å²) in [5, 5.41) is 1.75. The van der Waals surface area contributed by atoms with Gasteiger partial charge in [0.25, 0.3) is 0 Å². The van der Waals surface area contributed by atoms with Gasteiger partial charge in [-0.3, -0.25) is 4.79 Å². The molecular weight excluding hydrogens is 245 g/mol. The second-order valence-corrected chi connectivity index (χ2v) is 5.53. The molecule has 0 N–H and O–H groups in total. The minimum absolute atomic E-state index is 0. The van der Waals surface area contributed by atoms with Crippen LogP contribution in [0.25, 0.3) is 0 Å². The molecule has 0 aliphatic carbocycles. The van der Waals surface area contributed by atoms with Crippen molar-refractivity contribution in [3.05, 3.63) is 35.9 Å². The second-order valence-electron chi connectivity index (χ2n) is 5.53. The average molecular weight is 271 g/mol. The molecule has 0 aliphatic rings. The third-order valence-electron chi connectivity index (χ3n) is 3.07. The van der Waals surface area contributed by atoms with E-state index in [2.05, 4.69) is 0 Å². The first-order valence-electron chi connectivity index (χ1n) is 6.96. The Balaban J connectivity index is 0.00000361. The number of carbonyl (C=O) groups excluding carboxylic acids is 1. The summed E-state index contributed by atoms with van der Waals surface area (Å²) in [6.45, 7) is 10.1. The number of hydroxylamine groups is 2. The second kappa shape index (κ2) is 9.23. The SMILES string of the molecule is CC(CC(=O)ON(C(C)C)C(C)C)c1ccccc1.[LiH]. The van der Waals surface area contributed by atoms with Gasteiger partial charge in [-0.05, 0) is 39.2 Å². The molecular formula is C16H26LiNO2. The fourth-order valence-corrected chi connectivity index (χ4v) is 2.11. The van der Waals surface area contributed by atoms with Crippen molar-refractivity contribution in [1.29, 1.82) is 0 Å². The van der Waals surface area contributed by atoms with Crippen molar-refractivity contribution in [2.45, 2.75) is 59.0 Å². The Morgan fingerprint density at radius 3 is 2.00 bits per heavy atom. The summed E-state index contributed by atoms with van der Waals surface area (Å²) in [6, 6.07) is 10.4. The van der Waals surface area contributed by atoms with E-state index in [1.807, 2.05) is 65.0 Å². The van der Waals surface area contributed by atoms with Crippen molar-refractivity contribution >= 4 is 24.8 Å². The maximum absolute atomic E-state index is 12.0. The Morgan fingerprint density at radius 2 is 1.55 bits per heavy atom. The van der Waals surface area contributed by atoms with Gasteiger partial charge < -0.3 is 4.84 Å². The first-order chi connectivity index (χ1) is 8.91. The van der Waals surface area contributed by atoms with Crippen molar-refractivity contribution in [2.75, 3.05) is 0 Å². The van der Waals surface area contributed by atoms with Crippen LogP contribution >= 0.6 is 0 Å². The maximum atomic E-state index is 12.0. The van der Waals surface area contributed by atoms with Crippen LogP contribution in [0.15, 0.2) is 30.3 Å². The number of nitrogens with zero attached hydrogens (tertiary/aromatic N) is 1. The molecule has 0 bridgehead atoms. The molecule has 0 aliphatic heterocycles. The Bertz CT molecular complexity index is 385. The normalized spacial score (nSPS) is 12.4. The van der Waals surface area contributed by atoms with Crippen molar-refractivity contribution < 1.29 is 9.63 Å². The van der Waals surface area contributed by atoms with E-state index in [-0.39, 0.29) is 42.8 Å². The number of hydrogen-bond acceptors (Lipinski definition) is 3. The average Bonchev–Trinajstić information content (AvgIpc) is 2.36. The van der Waals surface area contributed by atoms with Crippen molar-refractivity contribution in [3.63, 3.8) is 0 Å². The molecule has 20 heavy (non-hydrogen) atoms. The van der Waals surface area contributed by atoms with Crippen LogP contribution in [0.4, 0.5) is 0 Å². The van der Waals surface area contributed by atoms with Crippen LogP contribution in [-0.4, -0.2) is 42.0 Å². The van der Waals surface area contributed by atoms with Crippen LogP contribution in [0.1, 0.15) is 52.5 Å². The van der Waals surface area contributed by atoms with Gasteiger partial charge in [-0.2, -0.15) is 0 Å². The number of rotatable bonds is 6. The summed E-state index contributed by atoms with van der Waals surface area (Å²) < 4.78 is 0. The Hall–Kier alpha value is -0.753. The van der Waals surface area contributed by atoms with Gasteiger partial charge in [-0.25, -0.2) is 0 Å². The predicted octanol–water partition coefficient (Wildman–Crippen LogP) is 3.11. The summed E-state index contributed by atoms with van der Waals surface area (Å²) in [7, 11) is 0. The van der Waals surface area contributed by atoms with Gasteiger partial charge in [0, 0.05) is 12.1 Å². The van der Waals surface area contributed by atoms with E-state index in [1.54, 1.807) is 5.06 Å². The Kier molecular flexibility index (Phi) is 8.89. The standard InChI is InChI=1S/C16H25NO2.Li.H/c1-12(2)17(13(3)4)19-16(18)11-14(5)15-9-7-6-8-10-15;;/h6-10,12-14H,11H2,1-5H3;;. The monoisotopic (exact) mass is 271 g/mol. The fraction of sp³-hybridized carbons (Fsp3) is 0.562. The number of carbonyl (C=O) groups is 1. The van der Waals surface area contributed by atoms with Crippen molar-refractivity contribution in [1.82, 2.24) is 5.06 Å². The van der Waals surface area contributed by atoms with Crippen LogP contribution in [-0.2, 0) is 9.63 Å². The molecule has 1 aromatic carbocycles. The molecule has 1 rings (SSSR count). The first kappa shape index (κ1) is 19.2. The number of hydrogen-bond donors (Lipinski definition) is 0. The fourth-order valence-electron chi connectivity index (χ4n) is 2.11. The van der Waals surface area contributed by atoms with Crippen LogP contribution in [0.5, 0.6) is 0 Å². The quantitative estimate of drug-likeness (QED) is 0.588. The number of benzene rings is 1. The van der Waals surface area contributed by atoms with Crippen LogP contribution in [0, 0.1) is 0 Å². The van der Waals surface area contributed by atoms with E-state index in [0.29, 0.717) is 6.42 Å². The van der Waals surface area contributed by atoms with E-state index < -0.39 is 0 Å². The first-order valence-corrected chi connectivity index (χ1v) is 6.96. The summed E-state index contributed by atoms with van der Waals surface area (Å²) >= 11 is 0. The zero-order valence-corrected chi connectivity index (χ0v) is 12.6. The van der Waals surface area contributed by atoms with E-state index in [1.165, 1.54) is 5.56 Å². The molecule has 108 valence electrons. The van der Waals surface area contributed by atoms with Crippen LogP contribution in [0.2, 0.25) is 0 Å². The predicted molar refractivity (Wildman–Crippen MR) is 84.8 cm³/mol. The summed E-state index contributed by atoms with van der Waals surface area (Å²) in [4.78, 5) is 17.4. The third kappa shape index (κ3) is 6.13. The summed E-state index contributed by atoms with van der Waals surface area (Å²) in [5.74, 6) is 0.00799. The Labute approximate surface area is 134 Å². The molecule has 0 amide bonds. The van der Waals surface area contributed by atoms with Gasteiger partial charge in [0.15, 0.2) is 0 Å². The van der Waals surface area contributed by atoms with Gasteiger partial charge in [-0.15, -0.1) is 5.06 Å². The molecule has 0 fully saturated rings.